The summed E-state index contributed by atoms with van der Waals surface area (Å²) >= 11 is 0. The SMILES string of the molecule is C[C@@H]1CN([C@H](C)CO)C(=O)c2cc(C3=CCCC3)cnc2O[C@H]1CN(C)C(=O)CN(C)C. The molecule has 0 saturated carbocycles. The zero-order valence-corrected chi connectivity index (χ0v) is 19.9. The Kier molecular flexibility index (Phi) is 7.90. The van der Waals surface area contributed by atoms with Crippen molar-refractivity contribution in [2.24, 2.45) is 5.92 Å². The molecular formula is C24H36N4O4. The summed E-state index contributed by atoms with van der Waals surface area (Å²) in [5, 5.41) is 9.79. The van der Waals surface area contributed by atoms with Crippen LogP contribution in [-0.2, 0) is 4.79 Å². The monoisotopic (exact) mass is 444 g/mol. The maximum atomic E-state index is 13.5. The Hall–Kier alpha value is -2.45. The van der Waals surface area contributed by atoms with Gasteiger partial charge in [0.2, 0.25) is 11.8 Å². The smallest absolute Gasteiger partial charge is 0.259 e. The first-order chi connectivity index (χ1) is 15.2. The number of likely N-dealkylation sites (N-methyl/N-ethyl adjacent to an activating group) is 2. The molecule has 0 unspecified atom stereocenters. The van der Waals surface area contributed by atoms with Crippen molar-refractivity contribution in [2.75, 3.05) is 47.4 Å². The van der Waals surface area contributed by atoms with Gasteiger partial charge in [-0.15, -0.1) is 0 Å². The summed E-state index contributed by atoms with van der Waals surface area (Å²) in [6, 6.07) is 1.53. The van der Waals surface area contributed by atoms with Gasteiger partial charge in [-0.2, -0.15) is 0 Å². The second-order valence-corrected chi connectivity index (χ2v) is 9.33. The molecular weight excluding hydrogens is 408 g/mol. The van der Waals surface area contributed by atoms with Gasteiger partial charge in [0.25, 0.3) is 5.91 Å². The number of ether oxygens (including phenoxy) is 1. The van der Waals surface area contributed by atoms with E-state index in [1.807, 2.05) is 38.9 Å². The summed E-state index contributed by atoms with van der Waals surface area (Å²) in [6.07, 6.45) is 6.75. The Morgan fingerprint density at radius 3 is 2.75 bits per heavy atom. The highest BCUT2D eigenvalue weighted by Gasteiger charge is 2.35. The molecule has 2 amide bonds. The number of fused-ring (bicyclic) bond motifs is 1. The van der Waals surface area contributed by atoms with Gasteiger partial charge in [-0.05, 0) is 57.5 Å². The molecule has 2 heterocycles. The minimum atomic E-state index is -0.338. The van der Waals surface area contributed by atoms with Crippen molar-refractivity contribution < 1.29 is 19.4 Å². The van der Waals surface area contributed by atoms with Crippen LogP contribution in [0.5, 0.6) is 5.88 Å². The Morgan fingerprint density at radius 1 is 1.38 bits per heavy atom. The number of rotatable bonds is 7. The second-order valence-electron chi connectivity index (χ2n) is 9.33. The highest BCUT2D eigenvalue weighted by atomic mass is 16.5. The lowest BCUT2D eigenvalue weighted by Gasteiger charge is -2.37. The number of carbonyl (C=O) groups is 2. The second kappa shape index (κ2) is 10.4. The van der Waals surface area contributed by atoms with Crippen LogP contribution < -0.4 is 4.74 Å². The van der Waals surface area contributed by atoms with E-state index in [1.165, 1.54) is 5.57 Å². The number of aliphatic hydroxyl groups is 1. The summed E-state index contributed by atoms with van der Waals surface area (Å²) < 4.78 is 6.28. The molecule has 0 bridgehead atoms. The molecule has 8 heteroatoms. The third-order valence-corrected chi connectivity index (χ3v) is 6.26. The molecule has 1 aliphatic carbocycles. The van der Waals surface area contributed by atoms with E-state index in [0.717, 1.165) is 24.8 Å². The molecule has 0 fully saturated rings. The Morgan fingerprint density at radius 2 is 2.12 bits per heavy atom. The average molecular weight is 445 g/mol. The van der Waals surface area contributed by atoms with E-state index in [2.05, 4.69) is 11.1 Å². The molecule has 3 atom stereocenters. The first-order valence-electron chi connectivity index (χ1n) is 11.4. The van der Waals surface area contributed by atoms with Gasteiger partial charge in [0.15, 0.2) is 0 Å². The van der Waals surface area contributed by atoms with Crippen LogP contribution in [0.4, 0.5) is 0 Å². The molecule has 176 valence electrons. The van der Waals surface area contributed by atoms with Crippen molar-refractivity contribution in [2.45, 2.75) is 45.3 Å². The zero-order valence-electron chi connectivity index (χ0n) is 19.9. The van der Waals surface area contributed by atoms with Crippen molar-refractivity contribution >= 4 is 17.4 Å². The lowest BCUT2D eigenvalue weighted by Crippen LogP contribution is -2.51. The van der Waals surface area contributed by atoms with E-state index in [9.17, 15) is 14.7 Å². The van der Waals surface area contributed by atoms with E-state index in [-0.39, 0.29) is 42.4 Å². The van der Waals surface area contributed by atoms with Gasteiger partial charge in [-0.1, -0.05) is 13.0 Å². The number of pyridine rings is 1. The number of hydrogen-bond acceptors (Lipinski definition) is 6. The normalized spacial score (nSPS) is 22.0. The predicted octanol–water partition coefficient (Wildman–Crippen LogP) is 1.89. The summed E-state index contributed by atoms with van der Waals surface area (Å²) in [7, 11) is 5.49. The maximum Gasteiger partial charge on any atom is 0.259 e. The molecule has 1 aliphatic heterocycles. The fourth-order valence-electron chi connectivity index (χ4n) is 4.19. The number of carbonyl (C=O) groups excluding carboxylic acids is 2. The van der Waals surface area contributed by atoms with E-state index < -0.39 is 0 Å². The lowest BCUT2D eigenvalue weighted by molar-refractivity contribution is -0.132. The van der Waals surface area contributed by atoms with Crippen LogP contribution in [0.15, 0.2) is 18.3 Å². The fraction of sp³-hybridized carbons (Fsp3) is 0.625. The molecule has 0 spiro atoms. The van der Waals surface area contributed by atoms with Crippen molar-refractivity contribution in [1.29, 1.82) is 0 Å². The van der Waals surface area contributed by atoms with Gasteiger partial charge in [0.1, 0.15) is 11.7 Å². The minimum absolute atomic E-state index is 0.00113. The van der Waals surface area contributed by atoms with Crippen molar-refractivity contribution in [3.8, 4) is 5.88 Å². The summed E-state index contributed by atoms with van der Waals surface area (Å²) in [4.78, 5) is 35.7. The highest BCUT2D eigenvalue weighted by molar-refractivity contribution is 5.97. The number of nitrogens with zero attached hydrogens (tertiary/aromatic N) is 4. The van der Waals surface area contributed by atoms with Crippen molar-refractivity contribution in [3.63, 3.8) is 0 Å². The molecule has 0 saturated heterocycles. The van der Waals surface area contributed by atoms with E-state index in [0.29, 0.717) is 25.2 Å². The number of amides is 2. The summed E-state index contributed by atoms with van der Waals surface area (Å²) in [5.41, 5.74) is 2.56. The molecule has 2 aliphatic rings. The largest absolute Gasteiger partial charge is 0.472 e. The van der Waals surface area contributed by atoms with Gasteiger partial charge in [0.05, 0.1) is 25.7 Å². The van der Waals surface area contributed by atoms with Crippen molar-refractivity contribution in [3.05, 3.63) is 29.5 Å². The number of aliphatic hydroxyl groups excluding tert-OH is 1. The van der Waals surface area contributed by atoms with Gasteiger partial charge in [0, 0.05) is 25.7 Å². The van der Waals surface area contributed by atoms with Crippen LogP contribution in [0.2, 0.25) is 0 Å². The Bertz CT molecular complexity index is 870. The third-order valence-electron chi connectivity index (χ3n) is 6.26. The zero-order chi connectivity index (χ0) is 23.4. The summed E-state index contributed by atoms with van der Waals surface area (Å²) in [5.74, 6) is 0.0465. The molecule has 32 heavy (non-hydrogen) atoms. The quantitative estimate of drug-likeness (QED) is 0.691. The molecule has 8 nitrogen and oxygen atoms in total. The predicted molar refractivity (Wildman–Crippen MR) is 123 cm³/mol. The number of aromatic nitrogens is 1. The van der Waals surface area contributed by atoms with Crippen LogP contribution in [0.1, 0.15) is 49.0 Å². The van der Waals surface area contributed by atoms with E-state index in [1.54, 1.807) is 23.0 Å². The fourth-order valence-corrected chi connectivity index (χ4v) is 4.19. The molecule has 3 rings (SSSR count). The van der Waals surface area contributed by atoms with Gasteiger partial charge >= 0.3 is 0 Å². The van der Waals surface area contributed by atoms with Gasteiger partial charge < -0.3 is 24.5 Å². The topological polar surface area (TPSA) is 86.2 Å². The minimum Gasteiger partial charge on any atom is -0.472 e. The molecule has 1 N–H and O–H groups in total. The van der Waals surface area contributed by atoms with Crippen LogP contribution >= 0.6 is 0 Å². The van der Waals surface area contributed by atoms with E-state index in [4.69, 9.17) is 4.74 Å². The highest BCUT2D eigenvalue weighted by Crippen LogP contribution is 2.32. The first-order valence-corrected chi connectivity index (χ1v) is 11.4. The molecule has 1 aromatic heterocycles. The van der Waals surface area contributed by atoms with Crippen LogP contribution in [0, 0.1) is 5.92 Å². The first kappa shape index (κ1) is 24.2. The average Bonchev–Trinajstić information content (AvgIpc) is 3.29. The van der Waals surface area contributed by atoms with Gasteiger partial charge in [-0.25, -0.2) is 4.98 Å². The maximum absolute atomic E-state index is 13.5. The summed E-state index contributed by atoms with van der Waals surface area (Å²) in [6.45, 7) is 4.84. The van der Waals surface area contributed by atoms with Crippen LogP contribution in [0.25, 0.3) is 5.57 Å². The molecule has 0 radical (unpaired) electrons. The molecule has 0 aromatic carbocycles. The van der Waals surface area contributed by atoms with Crippen LogP contribution in [0.3, 0.4) is 0 Å². The van der Waals surface area contributed by atoms with Crippen LogP contribution in [-0.4, -0.2) is 96.1 Å². The van der Waals surface area contributed by atoms with Crippen molar-refractivity contribution in [1.82, 2.24) is 19.7 Å². The number of hydrogen-bond donors (Lipinski definition) is 1. The van der Waals surface area contributed by atoms with Gasteiger partial charge in [-0.3, -0.25) is 9.59 Å². The van der Waals surface area contributed by atoms with E-state index >= 15 is 0 Å². The Labute approximate surface area is 190 Å². The lowest BCUT2D eigenvalue weighted by atomic mass is 9.99. The third kappa shape index (κ3) is 5.48. The molecule has 1 aromatic rings. The number of allylic oxidation sites excluding steroid dienone is 2. The Balaban J connectivity index is 1.94. The standard InChI is InChI=1S/C24H36N4O4/c1-16-12-28(17(2)15-29)24(31)20-10-19(18-8-6-7-9-18)11-25-23(20)32-21(16)13-27(5)22(30)14-26(3)4/h8,10-11,16-17,21,29H,6-7,9,12-15H2,1-5H3/t16-,17-,21+/m1/s1.